The first-order valence-corrected chi connectivity index (χ1v) is 10.4. The summed E-state index contributed by atoms with van der Waals surface area (Å²) in [6.45, 7) is 4.22. The van der Waals surface area contributed by atoms with E-state index in [9.17, 15) is 0 Å². The molecule has 0 radical (unpaired) electrons. The highest BCUT2D eigenvalue weighted by atomic mass is 16.5. The van der Waals surface area contributed by atoms with E-state index in [0.29, 0.717) is 18.8 Å². The molecule has 7 nitrogen and oxygen atoms in total. The highest BCUT2D eigenvalue weighted by Crippen LogP contribution is 2.18. The Balaban J connectivity index is 1.22. The molecule has 0 amide bonds. The lowest BCUT2D eigenvalue weighted by atomic mass is 10.1. The van der Waals surface area contributed by atoms with Crippen LogP contribution in [0.1, 0.15) is 37.8 Å². The minimum absolute atomic E-state index is 0.298. The molecule has 1 atom stereocenters. The Hall–Kier alpha value is -2.12. The molecule has 0 bridgehead atoms. The number of ether oxygens (including phenoxy) is 2. The molecular formula is C21H31N5O2. The van der Waals surface area contributed by atoms with Crippen molar-refractivity contribution in [2.75, 3.05) is 33.4 Å². The van der Waals surface area contributed by atoms with Crippen LogP contribution >= 0.6 is 0 Å². The standard InChI is InChI=1S/C21H31N5O2/c1-22-21(23-14-17-15-26-10-4-2-7-20(26)24-17)25-11-8-18(9-12-25)28-16-19-6-3-5-13-27-19/h2,4,7,10,15,18-19H,3,5-6,8-9,11-14,16H2,1H3,(H,22,23). The lowest BCUT2D eigenvalue weighted by molar-refractivity contribution is -0.0721. The number of likely N-dealkylation sites (tertiary alicyclic amines) is 1. The minimum Gasteiger partial charge on any atom is -0.376 e. The Labute approximate surface area is 166 Å². The number of nitrogens with zero attached hydrogens (tertiary/aromatic N) is 4. The summed E-state index contributed by atoms with van der Waals surface area (Å²) >= 11 is 0. The number of guanidine groups is 1. The lowest BCUT2D eigenvalue weighted by Gasteiger charge is -2.35. The highest BCUT2D eigenvalue weighted by Gasteiger charge is 2.23. The summed E-state index contributed by atoms with van der Waals surface area (Å²) in [5, 5.41) is 3.45. The van der Waals surface area contributed by atoms with Crippen LogP contribution in [0.2, 0.25) is 0 Å². The van der Waals surface area contributed by atoms with Gasteiger partial charge in [-0.2, -0.15) is 0 Å². The smallest absolute Gasteiger partial charge is 0.193 e. The van der Waals surface area contributed by atoms with Gasteiger partial charge < -0.3 is 24.1 Å². The monoisotopic (exact) mass is 385 g/mol. The third-order valence-corrected chi connectivity index (χ3v) is 5.59. The summed E-state index contributed by atoms with van der Waals surface area (Å²) in [5.41, 5.74) is 1.98. The van der Waals surface area contributed by atoms with Gasteiger partial charge in [0.05, 0.1) is 31.1 Å². The van der Waals surface area contributed by atoms with Crippen LogP contribution < -0.4 is 5.32 Å². The second-order valence-electron chi connectivity index (χ2n) is 7.61. The molecule has 7 heteroatoms. The van der Waals surface area contributed by atoms with Crippen LogP contribution in [0.5, 0.6) is 0 Å². The average Bonchev–Trinajstić information content (AvgIpc) is 3.17. The summed E-state index contributed by atoms with van der Waals surface area (Å²) in [4.78, 5) is 11.4. The number of aromatic nitrogens is 2. The van der Waals surface area contributed by atoms with E-state index in [-0.39, 0.29) is 0 Å². The number of hydrogen-bond donors (Lipinski definition) is 1. The Morgan fingerprint density at radius 3 is 2.93 bits per heavy atom. The van der Waals surface area contributed by atoms with Crippen LogP contribution in [-0.4, -0.2) is 65.8 Å². The Morgan fingerprint density at radius 1 is 1.29 bits per heavy atom. The van der Waals surface area contributed by atoms with E-state index in [1.165, 1.54) is 12.8 Å². The van der Waals surface area contributed by atoms with Gasteiger partial charge in [0.15, 0.2) is 5.96 Å². The second-order valence-corrected chi connectivity index (χ2v) is 7.61. The third-order valence-electron chi connectivity index (χ3n) is 5.59. The molecule has 0 saturated carbocycles. The van der Waals surface area contributed by atoms with Gasteiger partial charge in [-0.05, 0) is 44.2 Å². The van der Waals surface area contributed by atoms with Gasteiger partial charge in [-0.15, -0.1) is 0 Å². The lowest BCUT2D eigenvalue weighted by Crippen LogP contribution is -2.47. The van der Waals surface area contributed by atoms with Crippen molar-refractivity contribution >= 4 is 11.6 Å². The van der Waals surface area contributed by atoms with E-state index in [1.54, 1.807) is 0 Å². The zero-order valence-corrected chi connectivity index (χ0v) is 16.7. The van der Waals surface area contributed by atoms with Crippen molar-refractivity contribution in [1.82, 2.24) is 19.6 Å². The van der Waals surface area contributed by atoms with E-state index < -0.39 is 0 Å². The Morgan fingerprint density at radius 2 is 2.18 bits per heavy atom. The van der Waals surface area contributed by atoms with Gasteiger partial charge in [-0.3, -0.25) is 4.99 Å². The molecule has 4 heterocycles. The molecule has 2 aliphatic rings. The van der Waals surface area contributed by atoms with Crippen LogP contribution in [0.4, 0.5) is 0 Å². The van der Waals surface area contributed by atoms with Gasteiger partial charge in [0.25, 0.3) is 0 Å². The van der Waals surface area contributed by atoms with E-state index in [2.05, 4.69) is 26.4 Å². The maximum atomic E-state index is 6.12. The summed E-state index contributed by atoms with van der Waals surface area (Å²) in [7, 11) is 1.84. The molecule has 2 fully saturated rings. The number of nitrogens with one attached hydrogen (secondary N) is 1. The molecule has 1 unspecified atom stereocenters. The number of aliphatic imine (C=N–C) groups is 1. The first-order chi connectivity index (χ1) is 13.8. The fraction of sp³-hybridized carbons (Fsp3) is 0.619. The molecule has 28 heavy (non-hydrogen) atoms. The fourth-order valence-electron chi connectivity index (χ4n) is 3.99. The molecular weight excluding hydrogens is 354 g/mol. The average molecular weight is 386 g/mol. The maximum Gasteiger partial charge on any atom is 0.193 e. The zero-order chi connectivity index (χ0) is 19.2. The van der Waals surface area contributed by atoms with Crippen molar-refractivity contribution < 1.29 is 9.47 Å². The van der Waals surface area contributed by atoms with E-state index in [1.807, 2.05) is 35.8 Å². The van der Waals surface area contributed by atoms with Crippen LogP contribution in [0.15, 0.2) is 35.6 Å². The number of rotatable bonds is 5. The number of pyridine rings is 1. The van der Waals surface area contributed by atoms with Crippen LogP contribution in [-0.2, 0) is 16.0 Å². The molecule has 0 aromatic carbocycles. The van der Waals surface area contributed by atoms with Crippen LogP contribution in [0.3, 0.4) is 0 Å². The van der Waals surface area contributed by atoms with Crippen molar-refractivity contribution in [3.8, 4) is 0 Å². The molecule has 152 valence electrons. The molecule has 2 aromatic heterocycles. The van der Waals surface area contributed by atoms with Gasteiger partial charge in [0.2, 0.25) is 0 Å². The van der Waals surface area contributed by atoms with Gasteiger partial charge in [0.1, 0.15) is 5.65 Å². The molecule has 2 aromatic rings. The second kappa shape index (κ2) is 9.39. The molecule has 0 aliphatic carbocycles. The van der Waals surface area contributed by atoms with E-state index in [0.717, 1.165) is 62.9 Å². The fourth-order valence-corrected chi connectivity index (χ4v) is 3.99. The topological polar surface area (TPSA) is 63.4 Å². The van der Waals surface area contributed by atoms with Crippen molar-refractivity contribution in [2.45, 2.75) is 50.9 Å². The number of fused-ring (bicyclic) bond motifs is 1. The minimum atomic E-state index is 0.298. The Kier molecular flexibility index (Phi) is 6.44. The third kappa shape index (κ3) is 4.83. The number of piperidine rings is 1. The van der Waals surface area contributed by atoms with Crippen molar-refractivity contribution in [1.29, 1.82) is 0 Å². The predicted molar refractivity (Wildman–Crippen MR) is 110 cm³/mol. The molecule has 0 spiro atoms. The highest BCUT2D eigenvalue weighted by molar-refractivity contribution is 5.79. The number of imidazole rings is 1. The van der Waals surface area contributed by atoms with Gasteiger partial charge >= 0.3 is 0 Å². The summed E-state index contributed by atoms with van der Waals surface area (Å²) in [6, 6.07) is 6.03. The largest absolute Gasteiger partial charge is 0.376 e. The van der Waals surface area contributed by atoms with Crippen molar-refractivity contribution in [3.05, 3.63) is 36.3 Å². The molecule has 4 rings (SSSR count). The first kappa shape index (κ1) is 19.2. The van der Waals surface area contributed by atoms with Crippen molar-refractivity contribution in [3.63, 3.8) is 0 Å². The maximum absolute atomic E-state index is 6.12. The van der Waals surface area contributed by atoms with Gasteiger partial charge in [-0.25, -0.2) is 4.98 Å². The van der Waals surface area contributed by atoms with Crippen LogP contribution in [0.25, 0.3) is 5.65 Å². The zero-order valence-electron chi connectivity index (χ0n) is 16.7. The normalized spacial score (nSPS) is 22.0. The quantitative estimate of drug-likeness (QED) is 0.633. The molecule has 2 saturated heterocycles. The predicted octanol–water partition coefficient (Wildman–Crippen LogP) is 2.46. The summed E-state index contributed by atoms with van der Waals surface area (Å²) < 4.78 is 13.9. The van der Waals surface area contributed by atoms with Gasteiger partial charge in [0, 0.05) is 39.1 Å². The number of hydrogen-bond acceptors (Lipinski definition) is 4. The summed E-state index contributed by atoms with van der Waals surface area (Å²) in [6.07, 6.45) is 10.4. The first-order valence-electron chi connectivity index (χ1n) is 10.4. The summed E-state index contributed by atoms with van der Waals surface area (Å²) in [5.74, 6) is 0.936. The van der Waals surface area contributed by atoms with Gasteiger partial charge in [-0.1, -0.05) is 6.07 Å². The van der Waals surface area contributed by atoms with Crippen LogP contribution in [0, 0.1) is 0 Å². The molecule has 2 aliphatic heterocycles. The SMILES string of the molecule is CN=C(NCc1cn2ccccc2n1)N1CCC(OCC2CCCCO2)CC1. The molecule has 1 N–H and O–H groups in total. The van der Waals surface area contributed by atoms with E-state index in [4.69, 9.17) is 9.47 Å². The van der Waals surface area contributed by atoms with E-state index >= 15 is 0 Å². The Bertz CT molecular complexity index is 743. The van der Waals surface area contributed by atoms with Crippen molar-refractivity contribution in [2.24, 2.45) is 4.99 Å².